The van der Waals surface area contributed by atoms with Crippen molar-refractivity contribution in [1.29, 1.82) is 0 Å². The van der Waals surface area contributed by atoms with Crippen LogP contribution in [0.15, 0.2) is 17.8 Å². The molecule has 2 fully saturated rings. The van der Waals surface area contributed by atoms with E-state index in [1.54, 1.807) is 19.0 Å². The van der Waals surface area contributed by atoms with Crippen LogP contribution >= 0.6 is 0 Å². The number of nitrogens with zero attached hydrogens (tertiary/aromatic N) is 3. The summed E-state index contributed by atoms with van der Waals surface area (Å²) in [5.74, 6) is 7.34. The second-order valence-electron chi connectivity index (χ2n) is 8.51. The maximum atomic E-state index is 12.2. The topological polar surface area (TPSA) is 107 Å². The van der Waals surface area contributed by atoms with E-state index in [9.17, 15) is 4.79 Å². The number of likely N-dealkylation sites (N-methyl/N-ethyl adjacent to an activating group) is 1. The fraction of sp³-hybridized carbons (Fsp3) is 0.636. The van der Waals surface area contributed by atoms with Gasteiger partial charge in [-0.2, -0.15) is 0 Å². The lowest BCUT2D eigenvalue weighted by Gasteiger charge is -2.24. The standard InChI is InChI=1S/C22H35N5O3/c1-15-20(30-17-7-5-4-6-8-17)12-11-18(25-15)21(23)19(27(3)24)14-29-22(28)26(2)13-16-9-10-16/h11-12,16-17H,4-10,13-14,23-24H2,1-3H3/b21-19-. The van der Waals surface area contributed by atoms with Crippen LogP contribution in [0, 0.1) is 12.8 Å². The first-order valence-corrected chi connectivity index (χ1v) is 10.8. The van der Waals surface area contributed by atoms with E-state index in [1.807, 2.05) is 19.1 Å². The van der Waals surface area contributed by atoms with Crippen molar-refractivity contribution in [3.63, 3.8) is 0 Å². The van der Waals surface area contributed by atoms with Gasteiger partial charge in [-0.1, -0.05) is 6.42 Å². The van der Waals surface area contributed by atoms with E-state index in [1.165, 1.54) is 37.1 Å². The van der Waals surface area contributed by atoms with Gasteiger partial charge in [-0.25, -0.2) is 15.6 Å². The van der Waals surface area contributed by atoms with Crippen LogP contribution in [-0.2, 0) is 4.74 Å². The summed E-state index contributed by atoms with van der Waals surface area (Å²) in [6.45, 7) is 2.61. The summed E-state index contributed by atoms with van der Waals surface area (Å²) in [7, 11) is 3.41. The molecule has 2 aliphatic carbocycles. The Morgan fingerprint density at radius 1 is 1.17 bits per heavy atom. The van der Waals surface area contributed by atoms with Gasteiger partial charge in [-0.05, 0) is 63.5 Å². The highest BCUT2D eigenvalue weighted by Gasteiger charge is 2.26. The van der Waals surface area contributed by atoms with Crippen LogP contribution in [-0.4, -0.2) is 54.3 Å². The molecule has 4 N–H and O–H groups in total. The van der Waals surface area contributed by atoms with Crippen LogP contribution in [0.4, 0.5) is 4.79 Å². The van der Waals surface area contributed by atoms with Gasteiger partial charge in [0.15, 0.2) is 0 Å². The number of hydrogen-bond donors (Lipinski definition) is 2. The van der Waals surface area contributed by atoms with Crippen molar-refractivity contribution in [2.45, 2.75) is 58.0 Å². The molecule has 0 radical (unpaired) electrons. The Labute approximate surface area is 179 Å². The van der Waals surface area contributed by atoms with Crippen molar-refractivity contribution in [2.75, 3.05) is 27.2 Å². The van der Waals surface area contributed by atoms with Crippen molar-refractivity contribution in [1.82, 2.24) is 14.9 Å². The normalized spacial score (nSPS) is 17.9. The molecular formula is C22H35N5O3. The molecule has 1 amide bonds. The summed E-state index contributed by atoms with van der Waals surface area (Å²) in [5, 5.41) is 1.37. The zero-order valence-electron chi connectivity index (χ0n) is 18.4. The number of aryl methyl sites for hydroxylation is 1. The molecule has 3 rings (SSSR count). The van der Waals surface area contributed by atoms with Gasteiger partial charge in [0.1, 0.15) is 12.4 Å². The molecule has 1 heterocycles. The van der Waals surface area contributed by atoms with E-state index in [2.05, 4.69) is 4.98 Å². The Kier molecular flexibility index (Phi) is 7.42. The van der Waals surface area contributed by atoms with Crippen LogP contribution in [0.3, 0.4) is 0 Å². The van der Waals surface area contributed by atoms with Gasteiger partial charge >= 0.3 is 6.09 Å². The summed E-state index contributed by atoms with van der Waals surface area (Å²) >= 11 is 0. The maximum absolute atomic E-state index is 12.2. The second kappa shape index (κ2) is 10.0. The summed E-state index contributed by atoms with van der Waals surface area (Å²) < 4.78 is 11.6. The average molecular weight is 418 g/mol. The zero-order valence-corrected chi connectivity index (χ0v) is 18.4. The van der Waals surface area contributed by atoms with Crippen LogP contribution in [0.25, 0.3) is 5.70 Å². The molecule has 0 bridgehead atoms. The van der Waals surface area contributed by atoms with E-state index in [0.717, 1.165) is 30.8 Å². The predicted octanol–water partition coefficient (Wildman–Crippen LogP) is 3.01. The first-order chi connectivity index (χ1) is 14.3. The van der Waals surface area contributed by atoms with E-state index >= 15 is 0 Å². The molecule has 0 atom stereocenters. The van der Waals surface area contributed by atoms with Crippen molar-refractivity contribution in [2.24, 2.45) is 17.5 Å². The first kappa shape index (κ1) is 22.2. The number of hydrogen-bond acceptors (Lipinski definition) is 7. The number of amides is 1. The third-order valence-electron chi connectivity index (χ3n) is 5.77. The SMILES string of the molecule is Cc1nc(/C(N)=C(\COC(=O)N(C)CC2CC2)N(C)N)ccc1OC1CCCCC1. The molecule has 1 aromatic heterocycles. The van der Waals surface area contributed by atoms with Crippen molar-refractivity contribution in [3.05, 3.63) is 29.2 Å². The quantitative estimate of drug-likeness (QED) is 0.494. The number of hydrazine groups is 1. The molecule has 8 heteroatoms. The Bertz CT molecular complexity index is 770. The molecule has 0 saturated heterocycles. The lowest BCUT2D eigenvalue weighted by atomic mass is 9.98. The monoisotopic (exact) mass is 417 g/mol. The molecule has 0 aromatic carbocycles. The number of carbonyl (C=O) groups is 1. The summed E-state index contributed by atoms with van der Waals surface area (Å²) in [5.41, 5.74) is 8.58. The van der Waals surface area contributed by atoms with Crippen LogP contribution in [0.5, 0.6) is 5.75 Å². The Morgan fingerprint density at radius 2 is 1.87 bits per heavy atom. The fourth-order valence-electron chi connectivity index (χ4n) is 3.71. The lowest BCUT2D eigenvalue weighted by molar-refractivity contribution is 0.112. The molecule has 2 aliphatic rings. The number of aromatic nitrogens is 1. The molecule has 8 nitrogen and oxygen atoms in total. The fourth-order valence-corrected chi connectivity index (χ4v) is 3.71. The van der Waals surface area contributed by atoms with Crippen molar-refractivity contribution in [3.8, 4) is 5.75 Å². The predicted molar refractivity (Wildman–Crippen MR) is 116 cm³/mol. The first-order valence-electron chi connectivity index (χ1n) is 10.8. The molecule has 0 unspecified atom stereocenters. The van der Waals surface area contributed by atoms with Gasteiger partial charge in [0, 0.05) is 20.6 Å². The van der Waals surface area contributed by atoms with Gasteiger partial charge in [0.25, 0.3) is 0 Å². The summed E-state index contributed by atoms with van der Waals surface area (Å²) in [4.78, 5) is 18.4. The Morgan fingerprint density at radius 3 is 2.47 bits per heavy atom. The van der Waals surface area contributed by atoms with Gasteiger partial charge in [-0.3, -0.25) is 0 Å². The van der Waals surface area contributed by atoms with Gasteiger partial charge in [0.05, 0.1) is 28.9 Å². The highest BCUT2D eigenvalue weighted by Crippen LogP contribution is 2.29. The smallest absolute Gasteiger partial charge is 0.409 e. The highest BCUT2D eigenvalue weighted by molar-refractivity contribution is 5.68. The van der Waals surface area contributed by atoms with Crippen LogP contribution < -0.4 is 16.3 Å². The number of rotatable bonds is 8. The van der Waals surface area contributed by atoms with E-state index in [4.69, 9.17) is 21.1 Å². The van der Waals surface area contributed by atoms with Gasteiger partial charge < -0.3 is 25.1 Å². The third-order valence-corrected chi connectivity index (χ3v) is 5.77. The minimum atomic E-state index is -0.380. The Hall–Kier alpha value is -2.48. The molecule has 0 aliphatic heterocycles. The molecular weight excluding hydrogens is 382 g/mol. The van der Waals surface area contributed by atoms with E-state index < -0.39 is 0 Å². The average Bonchev–Trinajstić information content (AvgIpc) is 3.53. The minimum Gasteiger partial charge on any atom is -0.489 e. The molecule has 0 spiro atoms. The third kappa shape index (κ3) is 6.01. The molecule has 1 aromatic rings. The van der Waals surface area contributed by atoms with E-state index in [0.29, 0.717) is 23.0 Å². The van der Waals surface area contributed by atoms with Crippen molar-refractivity contribution < 1.29 is 14.3 Å². The van der Waals surface area contributed by atoms with Gasteiger partial charge in [-0.15, -0.1) is 0 Å². The van der Waals surface area contributed by atoms with Crippen molar-refractivity contribution >= 4 is 11.8 Å². The number of nitrogens with two attached hydrogens (primary N) is 2. The molecule has 30 heavy (non-hydrogen) atoms. The number of carbonyl (C=O) groups excluding carboxylic acids is 1. The van der Waals surface area contributed by atoms with Crippen LogP contribution in [0.1, 0.15) is 56.3 Å². The summed E-state index contributed by atoms with van der Waals surface area (Å²) in [6.07, 6.45) is 8.12. The largest absolute Gasteiger partial charge is 0.489 e. The summed E-state index contributed by atoms with van der Waals surface area (Å²) in [6, 6.07) is 3.73. The Balaban J connectivity index is 1.67. The second-order valence-corrected chi connectivity index (χ2v) is 8.51. The minimum absolute atomic E-state index is 0.0201. The zero-order chi connectivity index (χ0) is 21.7. The maximum Gasteiger partial charge on any atom is 0.409 e. The molecule has 166 valence electrons. The lowest BCUT2D eigenvalue weighted by Crippen LogP contribution is -2.34. The number of ether oxygens (including phenoxy) is 2. The van der Waals surface area contributed by atoms with Gasteiger partial charge in [0.2, 0.25) is 0 Å². The van der Waals surface area contributed by atoms with E-state index in [-0.39, 0.29) is 18.8 Å². The number of pyridine rings is 1. The molecule has 2 saturated carbocycles. The van der Waals surface area contributed by atoms with Crippen LogP contribution in [0.2, 0.25) is 0 Å². The highest BCUT2D eigenvalue weighted by atomic mass is 16.6.